The van der Waals surface area contributed by atoms with E-state index in [4.69, 9.17) is 5.11 Å². The first-order chi connectivity index (χ1) is 9.97. The molecule has 8 heteroatoms. The van der Waals surface area contributed by atoms with Gasteiger partial charge in [0.1, 0.15) is 0 Å². The van der Waals surface area contributed by atoms with Crippen LogP contribution in [0.1, 0.15) is 22.5 Å². The molecular formula is C13H16Br2N2O3S. The maximum atomic E-state index is 12.5. The molecule has 1 aromatic heterocycles. The summed E-state index contributed by atoms with van der Waals surface area (Å²) in [6.07, 6.45) is 1.98. The Morgan fingerprint density at radius 3 is 2.86 bits per heavy atom. The molecule has 116 valence electrons. The second-order valence-corrected chi connectivity index (χ2v) is 8.24. The van der Waals surface area contributed by atoms with E-state index in [0.717, 1.165) is 27.6 Å². The van der Waals surface area contributed by atoms with Gasteiger partial charge < -0.3 is 15.3 Å². The van der Waals surface area contributed by atoms with Gasteiger partial charge in [-0.3, -0.25) is 9.59 Å². The van der Waals surface area contributed by atoms with Crippen LogP contribution in [0.3, 0.4) is 0 Å². The molecule has 0 spiro atoms. The fourth-order valence-corrected chi connectivity index (χ4v) is 4.41. The number of carbonyl (C=O) groups is 2. The zero-order chi connectivity index (χ0) is 15.4. The van der Waals surface area contributed by atoms with E-state index in [1.165, 1.54) is 11.3 Å². The SMILES string of the molecule is O=C(O)CNCC1CCCN(C(=O)c2cc(Br)c(Br)s2)C1. The highest BCUT2D eigenvalue weighted by Crippen LogP contribution is 2.33. The molecule has 0 aromatic carbocycles. The molecule has 0 aliphatic carbocycles. The number of thiophene rings is 1. The largest absolute Gasteiger partial charge is 0.480 e. The first kappa shape index (κ1) is 16.9. The summed E-state index contributed by atoms with van der Waals surface area (Å²) in [5.74, 6) is -0.491. The summed E-state index contributed by atoms with van der Waals surface area (Å²) in [6.45, 7) is 2.04. The van der Waals surface area contributed by atoms with Crippen LogP contribution in [0.4, 0.5) is 0 Å². The quantitative estimate of drug-likeness (QED) is 0.739. The molecule has 0 radical (unpaired) electrons. The second-order valence-electron chi connectivity index (χ2n) is 5.02. The highest BCUT2D eigenvalue weighted by atomic mass is 79.9. The average molecular weight is 440 g/mol. The van der Waals surface area contributed by atoms with Crippen LogP contribution in [-0.4, -0.2) is 48.1 Å². The number of carboxylic acids is 1. The third-order valence-electron chi connectivity index (χ3n) is 3.37. The number of aliphatic carboxylic acids is 1. The monoisotopic (exact) mass is 438 g/mol. The third kappa shape index (κ3) is 4.77. The van der Waals surface area contributed by atoms with Gasteiger partial charge in [-0.25, -0.2) is 0 Å². The van der Waals surface area contributed by atoms with Gasteiger partial charge >= 0.3 is 5.97 Å². The van der Waals surface area contributed by atoms with Crippen LogP contribution < -0.4 is 5.32 Å². The maximum absolute atomic E-state index is 12.5. The van der Waals surface area contributed by atoms with E-state index in [2.05, 4.69) is 37.2 Å². The molecule has 1 saturated heterocycles. The predicted molar refractivity (Wildman–Crippen MR) is 88.9 cm³/mol. The number of carbonyl (C=O) groups excluding carboxylic acids is 1. The number of likely N-dealkylation sites (tertiary alicyclic amines) is 1. The molecule has 1 aliphatic heterocycles. The van der Waals surface area contributed by atoms with E-state index in [0.29, 0.717) is 23.9 Å². The van der Waals surface area contributed by atoms with Crippen molar-refractivity contribution in [1.29, 1.82) is 0 Å². The van der Waals surface area contributed by atoms with Crippen molar-refractivity contribution in [2.45, 2.75) is 12.8 Å². The Bertz CT molecular complexity index is 516. The second kappa shape index (κ2) is 7.71. The van der Waals surface area contributed by atoms with Gasteiger partial charge in [-0.2, -0.15) is 0 Å². The molecule has 1 aliphatic rings. The zero-order valence-corrected chi connectivity index (χ0v) is 15.3. The fourth-order valence-electron chi connectivity index (χ4n) is 2.41. The van der Waals surface area contributed by atoms with Crippen LogP contribution in [0, 0.1) is 5.92 Å². The Hall–Kier alpha value is -0.440. The lowest BCUT2D eigenvalue weighted by molar-refractivity contribution is -0.136. The maximum Gasteiger partial charge on any atom is 0.317 e. The lowest BCUT2D eigenvalue weighted by Gasteiger charge is -2.32. The zero-order valence-electron chi connectivity index (χ0n) is 11.3. The summed E-state index contributed by atoms with van der Waals surface area (Å²) in [6, 6.07) is 1.84. The highest BCUT2D eigenvalue weighted by molar-refractivity contribution is 9.13. The summed E-state index contributed by atoms with van der Waals surface area (Å²) in [5.41, 5.74) is 0. The Balaban J connectivity index is 1.91. The van der Waals surface area contributed by atoms with Crippen molar-refractivity contribution in [1.82, 2.24) is 10.2 Å². The van der Waals surface area contributed by atoms with Crippen LogP contribution in [0.2, 0.25) is 0 Å². The van der Waals surface area contributed by atoms with Gasteiger partial charge in [-0.1, -0.05) is 0 Å². The van der Waals surface area contributed by atoms with Crippen LogP contribution in [-0.2, 0) is 4.79 Å². The number of hydrogen-bond donors (Lipinski definition) is 2. The fraction of sp³-hybridized carbons (Fsp3) is 0.538. The molecule has 2 rings (SSSR count). The molecule has 1 amide bonds. The minimum Gasteiger partial charge on any atom is -0.480 e. The number of nitrogens with one attached hydrogen (secondary N) is 1. The van der Waals surface area contributed by atoms with E-state index in [1.54, 1.807) is 0 Å². The highest BCUT2D eigenvalue weighted by Gasteiger charge is 2.25. The number of rotatable bonds is 5. The predicted octanol–water partition coefficient (Wildman–Crippen LogP) is 2.80. The van der Waals surface area contributed by atoms with Gasteiger partial charge in [-0.15, -0.1) is 11.3 Å². The van der Waals surface area contributed by atoms with Crippen molar-refractivity contribution in [3.05, 3.63) is 19.2 Å². The van der Waals surface area contributed by atoms with Crippen molar-refractivity contribution < 1.29 is 14.7 Å². The van der Waals surface area contributed by atoms with E-state index in [-0.39, 0.29) is 12.5 Å². The lowest BCUT2D eigenvalue weighted by Crippen LogP contribution is -2.43. The molecule has 1 aromatic rings. The molecule has 21 heavy (non-hydrogen) atoms. The first-order valence-corrected chi connectivity index (χ1v) is 9.04. The van der Waals surface area contributed by atoms with E-state index in [1.807, 2.05) is 11.0 Å². The summed E-state index contributed by atoms with van der Waals surface area (Å²) in [4.78, 5) is 25.5. The summed E-state index contributed by atoms with van der Waals surface area (Å²) in [5, 5.41) is 11.5. The summed E-state index contributed by atoms with van der Waals surface area (Å²) < 4.78 is 1.81. The van der Waals surface area contributed by atoms with Gasteiger partial charge in [0.15, 0.2) is 0 Å². The average Bonchev–Trinajstić information content (AvgIpc) is 2.78. The summed E-state index contributed by atoms with van der Waals surface area (Å²) >= 11 is 8.22. The molecule has 0 saturated carbocycles. The molecule has 5 nitrogen and oxygen atoms in total. The lowest BCUT2D eigenvalue weighted by atomic mass is 9.98. The van der Waals surface area contributed by atoms with E-state index < -0.39 is 5.97 Å². The number of nitrogens with zero attached hydrogens (tertiary/aromatic N) is 1. The molecule has 2 N–H and O–H groups in total. The number of piperidine rings is 1. The molecule has 1 unspecified atom stereocenters. The van der Waals surface area contributed by atoms with Gasteiger partial charge in [0, 0.05) is 24.1 Å². The normalized spacial score (nSPS) is 18.8. The number of halogens is 2. The standard InChI is InChI=1S/C13H16Br2N2O3S/c14-9-4-10(21-12(9)15)13(20)17-3-1-2-8(7-17)5-16-6-11(18)19/h4,8,16H,1-3,5-7H2,(H,18,19). The van der Waals surface area contributed by atoms with Crippen molar-refractivity contribution in [3.8, 4) is 0 Å². The molecule has 0 bridgehead atoms. The van der Waals surface area contributed by atoms with E-state index >= 15 is 0 Å². The molecule has 1 atom stereocenters. The smallest absolute Gasteiger partial charge is 0.317 e. The topological polar surface area (TPSA) is 69.6 Å². The van der Waals surface area contributed by atoms with Crippen LogP contribution >= 0.6 is 43.2 Å². The Morgan fingerprint density at radius 1 is 1.48 bits per heavy atom. The van der Waals surface area contributed by atoms with Gasteiger partial charge in [0.25, 0.3) is 5.91 Å². The number of amides is 1. The minimum atomic E-state index is -0.855. The van der Waals surface area contributed by atoms with E-state index in [9.17, 15) is 9.59 Å². The van der Waals surface area contributed by atoms with Crippen molar-refractivity contribution in [3.63, 3.8) is 0 Å². The van der Waals surface area contributed by atoms with Crippen LogP contribution in [0.25, 0.3) is 0 Å². The number of hydrogen-bond acceptors (Lipinski definition) is 4. The third-order valence-corrected chi connectivity index (χ3v) is 6.62. The van der Waals surface area contributed by atoms with Crippen LogP contribution in [0.15, 0.2) is 14.3 Å². The van der Waals surface area contributed by atoms with Crippen molar-refractivity contribution in [2.75, 3.05) is 26.2 Å². The number of carboxylic acid groups (broad SMARTS) is 1. The minimum absolute atomic E-state index is 0.0325. The molecule has 2 heterocycles. The van der Waals surface area contributed by atoms with Crippen LogP contribution in [0.5, 0.6) is 0 Å². The Labute approximate surface area is 144 Å². The summed E-state index contributed by atoms with van der Waals surface area (Å²) in [7, 11) is 0. The Morgan fingerprint density at radius 2 is 2.24 bits per heavy atom. The van der Waals surface area contributed by atoms with Gasteiger partial charge in [0.05, 0.1) is 15.2 Å². The van der Waals surface area contributed by atoms with Crippen molar-refractivity contribution in [2.24, 2.45) is 5.92 Å². The van der Waals surface area contributed by atoms with Gasteiger partial charge in [-0.05, 0) is 56.7 Å². The van der Waals surface area contributed by atoms with Crippen molar-refractivity contribution >= 4 is 55.1 Å². The molecule has 1 fully saturated rings. The van der Waals surface area contributed by atoms with Gasteiger partial charge in [0.2, 0.25) is 0 Å². The first-order valence-electron chi connectivity index (χ1n) is 6.64. The molecular weight excluding hydrogens is 424 g/mol. The Kier molecular flexibility index (Phi) is 6.21.